The van der Waals surface area contributed by atoms with Gasteiger partial charge in [-0.3, -0.25) is 14.6 Å². The summed E-state index contributed by atoms with van der Waals surface area (Å²) in [4.78, 5) is 21.4. The maximum Gasteiger partial charge on any atom is 0.276 e. The SMILES string of the molecule is CC(C)=CCONC(=O)c1ccccc1NCc1ccncc1. The van der Waals surface area contributed by atoms with E-state index in [9.17, 15) is 4.79 Å². The van der Waals surface area contributed by atoms with E-state index in [0.29, 0.717) is 18.7 Å². The van der Waals surface area contributed by atoms with Crippen molar-refractivity contribution in [2.24, 2.45) is 0 Å². The molecular formula is C18H21N3O2. The Morgan fingerprint density at radius 2 is 1.91 bits per heavy atom. The van der Waals surface area contributed by atoms with Crippen molar-refractivity contribution in [3.63, 3.8) is 0 Å². The fourth-order valence-electron chi connectivity index (χ4n) is 1.90. The summed E-state index contributed by atoms with van der Waals surface area (Å²) in [5.41, 5.74) is 5.99. The van der Waals surface area contributed by atoms with Crippen molar-refractivity contribution in [2.75, 3.05) is 11.9 Å². The molecule has 23 heavy (non-hydrogen) atoms. The fourth-order valence-corrected chi connectivity index (χ4v) is 1.90. The van der Waals surface area contributed by atoms with E-state index < -0.39 is 0 Å². The van der Waals surface area contributed by atoms with Crippen molar-refractivity contribution in [3.05, 3.63) is 71.6 Å². The summed E-state index contributed by atoms with van der Waals surface area (Å²) in [5, 5.41) is 3.26. The highest BCUT2D eigenvalue weighted by Gasteiger charge is 2.10. The van der Waals surface area contributed by atoms with Gasteiger partial charge in [-0.1, -0.05) is 23.8 Å². The lowest BCUT2D eigenvalue weighted by Crippen LogP contribution is -2.24. The first kappa shape index (κ1) is 16.7. The van der Waals surface area contributed by atoms with E-state index in [0.717, 1.165) is 16.8 Å². The predicted octanol–water partition coefficient (Wildman–Crippen LogP) is 3.32. The van der Waals surface area contributed by atoms with Gasteiger partial charge >= 0.3 is 0 Å². The van der Waals surface area contributed by atoms with Gasteiger partial charge < -0.3 is 5.32 Å². The minimum Gasteiger partial charge on any atom is -0.380 e. The number of para-hydroxylation sites is 1. The number of hydroxylamine groups is 1. The minimum atomic E-state index is -0.273. The van der Waals surface area contributed by atoms with Crippen LogP contribution in [0.5, 0.6) is 0 Å². The summed E-state index contributed by atoms with van der Waals surface area (Å²) >= 11 is 0. The third-order valence-electron chi connectivity index (χ3n) is 3.14. The molecule has 2 aromatic rings. The van der Waals surface area contributed by atoms with Crippen molar-refractivity contribution < 1.29 is 9.63 Å². The third kappa shape index (κ3) is 5.56. The van der Waals surface area contributed by atoms with Crippen LogP contribution in [0.25, 0.3) is 0 Å². The number of aromatic nitrogens is 1. The van der Waals surface area contributed by atoms with Gasteiger partial charge in [-0.2, -0.15) is 0 Å². The summed E-state index contributed by atoms with van der Waals surface area (Å²) in [6, 6.07) is 11.2. The molecule has 0 unspecified atom stereocenters. The van der Waals surface area contributed by atoms with Gasteiger partial charge in [0.25, 0.3) is 5.91 Å². The van der Waals surface area contributed by atoms with Crippen LogP contribution in [0.1, 0.15) is 29.8 Å². The average Bonchev–Trinajstić information content (AvgIpc) is 2.58. The highest BCUT2D eigenvalue weighted by molar-refractivity contribution is 5.98. The third-order valence-corrected chi connectivity index (χ3v) is 3.14. The largest absolute Gasteiger partial charge is 0.380 e. The molecule has 120 valence electrons. The van der Waals surface area contributed by atoms with E-state index in [2.05, 4.69) is 15.8 Å². The summed E-state index contributed by atoms with van der Waals surface area (Å²) < 4.78 is 0. The van der Waals surface area contributed by atoms with Gasteiger partial charge in [-0.05, 0) is 43.7 Å². The van der Waals surface area contributed by atoms with Crippen LogP contribution in [-0.4, -0.2) is 17.5 Å². The van der Waals surface area contributed by atoms with Crippen molar-refractivity contribution >= 4 is 11.6 Å². The molecule has 0 fully saturated rings. The van der Waals surface area contributed by atoms with E-state index in [1.165, 1.54) is 0 Å². The van der Waals surface area contributed by atoms with Crippen LogP contribution < -0.4 is 10.8 Å². The lowest BCUT2D eigenvalue weighted by Gasteiger charge is -2.12. The van der Waals surface area contributed by atoms with E-state index in [1.807, 2.05) is 50.3 Å². The molecule has 0 atom stereocenters. The van der Waals surface area contributed by atoms with Crippen LogP contribution in [0.4, 0.5) is 5.69 Å². The number of amides is 1. The Morgan fingerprint density at radius 1 is 1.17 bits per heavy atom. The number of pyridine rings is 1. The Kier molecular flexibility index (Phi) is 6.32. The lowest BCUT2D eigenvalue weighted by molar-refractivity contribution is 0.0420. The predicted molar refractivity (Wildman–Crippen MR) is 90.9 cm³/mol. The van der Waals surface area contributed by atoms with Gasteiger partial charge in [0.15, 0.2) is 0 Å². The average molecular weight is 311 g/mol. The summed E-state index contributed by atoms with van der Waals surface area (Å²) in [5.74, 6) is -0.273. The normalized spacial score (nSPS) is 10.0. The second-order valence-corrected chi connectivity index (χ2v) is 5.28. The Bertz CT molecular complexity index is 665. The molecule has 0 aliphatic rings. The topological polar surface area (TPSA) is 63.2 Å². The fraction of sp³-hybridized carbons (Fsp3) is 0.222. The second-order valence-electron chi connectivity index (χ2n) is 5.28. The smallest absolute Gasteiger partial charge is 0.276 e. The molecule has 1 amide bonds. The highest BCUT2D eigenvalue weighted by atomic mass is 16.6. The maximum atomic E-state index is 12.2. The Balaban J connectivity index is 1.96. The first-order valence-corrected chi connectivity index (χ1v) is 7.44. The molecule has 0 bridgehead atoms. The molecular weight excluding hydrogens is 290 g/mol. The molecule has 0 saturated carbocycles. The number of nitrogens with zero attached hydrogens (tertiary/aromatic N) is 1. The van der Waals surface area contributed by atoms with Crippen molar-refractivity contribution in [1.29, 1.82) is 0 Å². The van der Waals surface area contributed by atoms with Crippen LogP contribution in [0.2, 0.25) is 0 Å². The van der Waals surface area contributed by atoms with Gasteiger partial charge in [0.2, 0.25) is 0 Å². The van der Waals surface area contributed by atoms with Crippen LogP contribution in [-0.2, 0) is 11.4 Å². The van der Waals surface area contributed by atoms with Gasteiger partial charge in [0.1, 0.15) is 0 Å². The molecule has 0 saturated heterocycles. The maximum absolute atomic E-state index is 12.2. The first-order chi connectivity index (χ1) is 11.2. The zero-order valence-corrected chi connectivity index (χ0v) is 13.4. The van der Waals surface area contributed by atoms with Crippen LogP contribution >= 0.6 is 0 Å². The molecule has 5 nitrogen and oxygen atoms in total. The van der Waals surface area contributed by atoms with E-state index >= 15 is 0 Å². The summed E-state index contributed by atoms with van der Waals surface area (Å²) in [7, 11) is 0. The standard InChI is InChI=1S/C18H21N3O2/c1-14(2)9-12-23-21-18(22)16-5-3-4-6-17(16)20-13-15-7-10-19-11-8-15/h3-11,20H,12-13H2,1-2H3,(H,21,22). The Morgan fingerprint density at radius 3 is 2.65 bits per heavy atom. The number of carbonyl (C=O) groups is 1. The number of hydrogen-bond acceptors (Lipinski definition) is 4. The van der Waals surface area contributed by atoms with Crippen LogP contribution in [0.15, 0.2) is 60.4 Å². The zero-order chi connectivity index (χ0) is 16.5. The molecule has 1 aromatic heterocycles. The summed E-state index contributed by atoms with van der Waals surface area (Å²) in [6.45, 7) is 4.92. The van der Waals surface area contributed by atoms with Gasteiger partial charge in [-0.25, -0.2) is 5.48 Å². The number of carbonyl (C=O) groups excluding carboxylic acids is 1. The highest BCUT2D eigenvalue weighted by Crippen LogP contribution is 2.16. The number of allylic oxidation sites excluding steroid dienone is 1. The number of rotatable bonds is 7. The molecule has 2 rings (SSSR count). The van der Waals surface area contributed by atoms with Gasteiger partial charge in [0, 0.05) is 24.6 Å². The van der Waals surface area contributed by atoms with Crippen LogP contribution in [0.3, 0.4) is 0 Å². The van der Waals surface area contributed by atoms with E-state index in [4.69, 9.17) is 4.84 Å². The van der Waals surface area contributed by atoms with Crippen molar-refractivity contribution in [2.45, 2.75) is 20.4 Å². The lowest BCUT2D eigenvalue weighted by atomic mass is 10.1. The number of hydrogen-bond donors (Lipinski definition) is 2. The molecule has 1 heterocycles. The van der Waals surface area contributed by atoms with Crippen LogP contribution in [0, 0.1) is 0 Å². The van der Waals surface area contributed by atoms with Gasteiger partial charge in [-0.15, -0.1) is 0 Å². The van der Waals surface area contributed by atoms with E-state index in [1.54, 1.807) is 18.5 Å². The minimum absolute atomic E-state index is 0.273. The van der Waals surface area contributed by atoms with E-state index in [-0.39, 0.29) is 5.91 Å². The van der Waals surface area contributed by atoms with Crippen molar-refractivity contribution in [3.8, 4) is 0 Å². The Hall–Kier alpha value is -2.66. The Labute approximate surface area is 136 Å². The summed E-state index contributed by atoms with van der Waals surface area (Å²) in [6.07, 6.45) is 5.38. The monoisotopic (exact) mass is 311 g/mol. The molecule has 2 N–H and O–H groups in total. The number of nitrogens with one attached hydrogen (secondary N) is 2. The molecule has 0 aliphatic heterocycles. The van der Waals surface area contributed by atoms with Crippen molar-refractivity contribution in [1.82, 2.24) is 10.5 Å². The molecule has 5 heteroatoms. The second kappa shape index (κ2) is 8.70. The first-order valence-electron chi connectivity index (χ1n) is 7.44. The zero-order valence-electron chi connectivity index (χ0n) is 13.4. The van der Waals surface area contributed by atoms with Gasteiger partial charge in [0.05, 0.1) is 12.2 Å². The number of anilines is 1. The molecule has 0 aliphatic carbocycles. The number of benzene rings is 1. The molecule has 0 radical (unpaired) electrons. The molecule has 0 spiro atoms. The molecule has 1 aromatic carbocycles. The quantitative estimate of drug-likeness (QED) is 0.468.